The predicted octanol–water partition coefficient (Wildman–Crippen LogP) is 4.30. The lowest BCUT2D eigenvalue weighted by Gasteiger charge is -2.49. The summed E-state index contributed by atoms with van der Waals surface area (Å²) in [5.41, 5.74) is 0.619. The van der Waals surface area contributed by atoms with E-state index in [4.69, 9.17) is 16.3 Å². The van der Waals surface area contributed by atoms with Gasteiger partial charge in [-0.2, -0.15) is 0 Å². The first-order valence-corrected chi connectivity index (χ1v) is 13.4. The van der Waals surface area contributed by atoms with Crippen molar-refractivity contribution in [1.82, 2.24) is 4.72 Å². The van der Waals surface area contributed by atoms with Crippen LogP contribution >= 0.6 is 11.6 Å². The monoisotopic (exact) mass is 517 g/mol. The van der Waals surface area contributed by atoms with Gasteiger partial charge in [0.25, 0.3) is 0 Å². The third-order valence-corrected chi connectivity index (χ3v) is 10.6. The zero-order valence-corrected chi connectivity index (χ0v) is 19.0. The largest absolute Gasteiger partial charge is 0.489 e. The second-order valence-electron chi connectivity index (χ2n) is 8.12. The highest BCUT2D eigenvalue weighted by Crippen LogP contribution is 2.58. The first kappa shape index (κ1) is 24.0. The molecule has 0 unspecified atom stereocenters. The Hall–Kier alpha value is -2.17. The molecular formula is C22H22ClF2NO5S2. The van der Waals surface area contributed by atoms with Crippen LogP contribution in [0.2, 0.25) is 5.02 Å². The summed E-state index contributed by atoms with van der Waals surface area (Å²) < 4.78 is 88.6. The van der Waals surface area contributed by atoms with E-state index in [1.54, 1.807) is 0 Å². The quantitative estimate of drug-likeness (QED) is 0.641. The molecule has 2 atom stereocenters. The number of ether oxygens (including phenoxy) is 1. The highest BCUT2D eigenvalue weighted by molar-refractivity contribution is 7.92. The molecule has 2 aromatic rings. The summed E-state index contributed by atoms with van der Waals surface area (Å²) in [4.78, 5) is -0.0798. The highest BCUT2D eigenvalue weighted by atomic mass is 35.5. The molecule has 2 heterocycles. The Morgan fingerprint density at radius 2 is 1.73 bits per heavy atom. The molecule has 0 radical (unpaired) electrons. The molecule has 0 amide bonds. The third kappa shape index (κ3) is 3.45. The van der Waals surface area contributed by atoms with Crippen molar-refractivity contribution in [3.8, 4) is 5.75 Å². The summed E-state index contributed by atoms with van der Waals surface area (Å²) in [6.45, 7) is -0.221. The maximum absolute atomic E-state index is 15.3. The van der Waals surface area contributed by atoms with Crippen LogP contribution in [0.3, 0.4) is 0 Å². The summed E-state index contributed by atoms with van der Waals surface area (Å²) in [7, 11) is -7.81. The van der Waals surface area contributed by atoms with Gasteiger partial charge in [-0.3, -0.25) is 4.72 Å². The van der Waals surface area contributed by atoms with E-state index in [2.05, 4.69) is 4.72 Å². The minimum absolute atomic E-state index is 0. The summed E-state index contributed by atoms with van der Waals surface area (Å²) >= 11 is 5.93. The first-order chi connectivity index (χ1) is 15.1. The SMILES string of the molecule is C.O=S1(=O)CCC2=C(CC[C@@]3(S(=O)(=O)c4ccc(Cl)cc4)c4c(F)ccc(F)c4OC[C@@H]23)N1. The van der Waals surface area contributed by atoms with Gasteiger partial charge in [-0.05, 0) is 61.2 Å². The molecule has 1 aliphatic carbocycles. The van der Waals surface area contributed by atoms with Gasteiger partial charge in [-0.1, -0.05) is 19.0 Å². The van der Waals surface area contributed by atoms with Crippen molar-refractivity contribution in [2.24, 2.45) is 5.92 Å². The predicted molar refractivity (Wildman–Crippen MR) is 120 cm³/mol. The normalized spacial score (nSPS) is 25.5. The van der Waals surface area contributed by atoms with Gasteiger partial charge in [-0.15, -0.1) is 0 Å². The van der Waals surface area contributed by atoms with E-state index in [1.165, 1.54) is 24.3 Å². The van der Waals surface area contributed by atoms with Gasteiger partial charge in [0, 0.05) is 16.6 Å². The van der Waals surface area contributed by atoms with E-state index in [0.29, 0.717) is 16.3 Å². The average molecular weight is 518 g/mol. The number of hydrogen-bond acceptors (Lipinski definition) is 5. The fourth-order valence-corrected chi connectivity index (χ4v) is 8.77. The van der Waals surface area contributed by atoms with Gasteiger partial charge in [0.15, 0.2) is 21.4 Å². The molecular weight excluding hydrogens is 496 g/mol. The molecule has 3 aliphatic rings. The zero-order chi connectivity index (χ0) is 22.9. The molecule has 178 valence electrons. The first-order valence-electron chi connectivity index (χ1n) is 9.91. The van der Waals surface area contributed by atoms with Crippen LogP contribution in [0.15, 0.2) is 52.6 Å². The molecule has 33 heavy (non-hydrogen) atoms. The maximum atomic E-state index is 15.3. The summed E-state index contributed by atoms with van der Waals surface area (Å²) in [5, 5.41) is 0.331. The van der Waals surface area contributed by atoms with Crippen molar-refractivity contribution in [2.45, 2.75) is 36.3 Å². The van der Waals surface area contributed by atoms with E-state index < -0.39 is 47.9 Å². The van der Waals surface area contributed by atoms with E-state index in [9.17, 15) is 21.2 Å². The van der Waals surface area contributed by atoms with E-state index in [1.807, 2.05) is 0 Å². The number of sulfone groups is 1. The van der Waals surface area contributed by atoms with E-state index in [-0.39, 0.29) is 49.5 Å². The second-order valence-corrected chi connectivity index (χ2v) is 12.6. The smallest absolute Gasteiger partial charge is 0.232 e. The number of rotatable bonds is 2. The molecule has 5 rings (SSSR count). The highest BCUT2D eigenvalue weighted by Gasteiger charge is 2.60. The Balaban J connectivity index is 0.00000259. The molecule has 2 aromatic carbocycles. The van der Waals surface area contributed by atoms with Crippen LogP contribution in [0.1, 0.15) is 32.3 Å². The van der Waals surface area contributed by atoms with Gasteiger partial charge in [0.2, 0.25) is 10.0 Å². The number of hydrogen-bond donors (Lipinski definition) is 1. The number of allylic oxidation sites excluding steroid dienone is 1. The van der Waals surface area contributed by atoms with Crippen LogP contribution in [0.25, 0.3) is 0 Å². The van der Waals surface area contributed by atoms with Gasteiger partial charge < -0.3 is 4.74 Å². The third-order valence-electron chi connectivity index (χ3n) is 6.52. The number of nitrogens with one attached hydrogen (secondary N) is 1. The molecule has 0 spiro atoms. The summed E-state index contributed by atoms with van der Waals surface area (Å²) in [6.07, 6.45) is -0.00314. The van der Waals surface area contributed by atoms with E-state index >= 15 is 4.39 Å². The lowest BCUT2D eigenvalue weighted by Crippen LogP contribution is -2.54. The van der Waals surface area contributed by atoms with Gasteiger partial charge in [0.1, 0.15) is 10.6 Å². The Kier molecular flexibility index (Phi) is 5.78. The fourth-order valence-electron chi connectivity index (χ4n) is 5.11. The number of fused-ring (bicyclic) bond motifs is 4. The number of benzene rings is 2. The van der Waals surface area contributed by atoms with E-state index in [0.717, 1.165) is 12.1 Å². The molecule has 0 saturated heterocycles. The Morgan fingerprint density at radius 1 is 1.06 bits per heavy atom. The van der Waals surface area contributed by atoms with Crippen molar-refractivity contribution in [1.29, 1.82) is 0 Å². The minimum atomic E-state index is -4.29. The lowest BCUT2D eigenvalue weighted by atomic mass is 9.70. The van der Waals surface area contributed by atoms with Crippen molar-refractivity contribution in [3.63, 3.8) is 0 Å². The van der Waals surface area contributed by atoms with Gasteiger partial charge in [-0.25, -0.2) is 25.6 Å². The minimum Gasteiger partial charge on any atom is -0.489 e. The van der Waals surface area contributed by atoms with Crippen molar-refractivity contribution in [3.05, 3.63) is 69.9 Å². The summed E-state index contributed by atoms with van der Waals surface area (Å²) in [5.74, 6) is -3.27. The second kappa shape index (κ2) is 7.95. The number of sulfonamides is 1. The molecule has 0 bridgehead atoms. The molecule has 0 saturated carbocycles. The Morgan fingerprint density at radius 3 is 2.42 bits per heavy atom. The fraction of sp³-hybridized carbons (Fsp3) is 0.364. The molecule has 2 aliphatic heterocycles. The van der Waals surface area contributed by atoms with Crippen LogP contribution in [0, 0.1) is 17.6 Å². The van der Waals surface area contributed by atoms with Gasteiger partial charge in [0.05, 0.1) is 22.8 Å². The standard InChI is InChI=1S/C21H18ClF2NO5S2.CH4/c22-12-1-3-13(4-2-12)32(28,29)21-9-7-18-14(8-10-31(26,27)25-18)15(21)11-30-20-17(24)6-5-16(23)19(20)21;/h1-6,15,25H,7-11H2;1H4/t15-,21-;/m0./s1. The van der Waals surface area contributed by atoms with Gasteiger partial charge >= 0.3 is 0 Å². The molecule has 11 heteroatoms. The zero-order valence-electron chi connectivity index (χ0n) is 16.6. The molecule has 1 N–H and O–H groups in total. The van der Waals surface area contributed by atoms with Crippen molar-refractivity contribution < 1.29 is 30.4 Å². The lowest BCUT2D eigenvalue weighted by molar-refractivity contribution is 0.165. The number of halogens is 3. The van der Waals surface area contributed by atoms with Crippen LogP contribution in [0.4, 0.5) is 8.78 Å². The molecule has 0 aromatic heterocycles. The maximum Gasteiger partial charge on any atom is 0.232 e. The molecule has 0 fully saturated rings. The van der Waals surface area contributed by atoms with Crippen LogP contribution < -0.4 is 9.46 Å². The van der Waals surface area contributed by atoms with Crippen molar-refractivity contribution >= 4 is 31.5 Å². The van der Waals surface area contributed by atoms with Crippen molar-refractivity contribution in [2.75, 3.05) is 12.4 Å². The molecule has 6 nitrogen and oxygen atoms in total. The van der Waals surface area contributed by atoms with Crippen LogP contribution in [-0.4, -0.2) is 29.2 Å². The topological polar surface area (TPSA) is 89.5 Å². The summed E-state index contributed by atoms with van der Waals surface area (Å²) in [6, 6.07) is 7.31. The Labute approximate surface area is 196 Å². The van der Waals surface area contributed by atoms with Crippen LogP contribution in [-0.2, 0) is 24.6 Å². The van der Waals surface area contributed by atoms with Crippen LogP contribution in [0.5, 0.6) is 5.75 Å². The average Bonchev–Trinajstić information content (AvgIpc) is 2.75. The Bertz CT molecular complexity index is 1370.